The molecule has 0 radical (unpaired) electrons. The molecule has 0 heterocycles. The molecule has 0 aromatic carbocycles. The predicted molar refractivity (Wildman–Crippen MR) is 42.9 cm³/mol. The minimum atomic E-state index is -0.799. The Bertz CT molecular complexity index is 178. The average molecular weight is 155 g/mol. The lowest BCUT2D eigenvalue weighted by molar-refractivity contribution is -0.140. The van der Waals surface area contributed by atoms with Gasteiger partial charge in [-0.2, -0.15) is 0 Å². The van der Waals surface area contributed by atoms with Crippen molar-refractivity contribution in [1.29, 1.82) is 0 Å². The van der Waals surface area contributed by atoms with Crippen LogP contribution >= 0.6 is 0 Å². The summed E-state index contributed by atoms with van der Waals surface area (Å²) in [5, 5.41) is 8.45. The van der Waals surface area contributed by atoms with Crippen LogP contribution in [0.2, 0.25) is 0 Å². The Hall–Kier alpha value is -1.01. The van der Waals surface area contributed by atoms with Crippen molar-refractivity contribution in [2.45, 2.75) is 19.8 Å². The van der Waals surface area contributed by atoms with E-state index >= 15 is 0 Å². The number of aliphatic carboxylic acids is 1. The summed E-state index contributed by atoms with van der Waals surface area (Å²) >= 11 is 0. The molecule has 0 aromatic rings. The third-order valence-electron chi connectivity index (χ3n) is 1.22. The van der Waals surface area contributed by atoms with E-state index in [1.807, 2.05) is 0 Å². The van der Waals surface area contributed by atoms with Gasteiger partial charge in [0.1, 0.15) is 0 Å². The van der Waals surface area contributed by atoms with Gasteiger partial charge in [-0.3, -0.25) is 4.79 Å². The number of carbonyl (C=O) groups is 1. The summed E-state index contributed by atoms with van der Waals surface area (Å²) in [5.74, 6) is 4.37. The van der Waals surface area contributed by atoms with Gasteiger partial charge in [-0.25, -0.2) is 0 Å². The number of carboxylic acids is 1. The van der Waals surface area contributed by atoms with Crippen LogP contribution in [0.4, 0.5) is 0 Å². The molecule has 11 heavy (non-hydrogen) atoms. The normalized spacial score (nSPS) is 11.5. The van der Waals surface area contributed by atoms with E-state index in [9.17, 15) is 4.79 Å². The zero-order valence-corrected chi connectivity index (χ0v) is 6.63. The molecule has 0 bridgehead atoms. The number of carboxylic acid groups (broad SMARTS) is 1. The summed E-state index contributed by atoms with van der Waals surface area (Å²) in [4.78, 5) is 10.3. The molecule has 0 fully saturated rings. The Morgan fingerprint density at radius 2 is 2.27 bits per heavy atom. The molecule has 0 spiro atoms. The first-order chi connectivity index (χ1) is 5.18. The van der Waals surface area contributed by atoms with Crippen LogP contribution in [0.1, 0.15) is 19.8 Å². The van der Waals surface area contributed by atoms with Crippen LogP contribution in [0.15, 0.2) is 0 Å². The van der Waals surface area contributed by atoms with E-state index in [0.717, 1.165) is 0 Å². The van der Waals surface area contributed by atoms with Gasteiger partial charge >= 0.3 is 5.97 Å². The fourth-order valence-corrected chi connectivity index (χ4v) is 0.473. The summed E-state index contributed by atoms with van der Waals surface area (Å²) in [6, 6.07) is 0. The van der Waals surface area contributed by atoms with Crippen LogP contribution in [0.3, 0.4) is 0 Å². The molecular weight excluding hydrogens is 142 g/mol. The Balaban J connectivity index is 3.55. The smallest absolute Gasteiger partial charge is 0.307 e. The fraction of sp³-hybridized carbons (Fsp3) is 0.625. The number of rotatable bonds is 3. The minimum absolute atomic E-state index is 0.375. The monoisotopic (exact) mass is 155 g/mol. The van der Waals surface area contributed by atoms with Gasteiger partial charge in [0.05, 0.1) is 5.92 Å². The van der Waals surface area contributed by atoms with Crippen molar-refractivity contribution >= 4 is 5.97 Å². The maximum Gasteiger partial charge on any atom is 0.307 e. The molecule has 0 aromatic heterocycles. The van der Waals surface area contributed by atoms with Crippen molar-refractivity contribution < 1.29 is 9.90 Å². The van der Waals surface area contributed by atoms with Crippen molar-refractivity contribution in [2.24, 2.45) is 11.7 Å². The van der Waals surface area contributed by atoms with E-state index in [1.54, 1.807) is 6.92 Å². The molecule has 0 aliphatic heterocycles. The topological polar surface area (TPSA) is 63.3 Å². The highest BCUT2D eigenvalue weighted by Crippen LogP contribution is 1.98. The molecule has 0 aliphatic carbocycles. The van der Waals surface area contributed by atoms with Crippen molar-refractivity contribution in [3.63, 3.8) is 0 Å². The summed E-state index contributed by atoms with van der Waals surface area (Å²) in [6.45, 7) is 2.17. The van der Waals surface area contributed by atoms with Crippen LogP contribution in [-0.4, -0.2) is 17.6 Å². The summed E-state index contributed by atoms with van der Waals surface area (Å²) in [6.07, 6.45) is 1.06. The first-order valence-corrected chi connectivity index (χ1v) is 3.57. The third kappa shape index (κ3) is 5.43. The van der Waals surface area contributed by atoms with Gasteiger partial charge < -0.3 is 10.8 Å². The maximum absolute atomic E-state index is 10.3. The highest BCUT2D eigenvalue weighted by Gasteiger charge is 2.07. The molecule has 1 atom stereocenters. The van der Waals surface area contributed by atoms with Gasteiger partial charge in [0.25, 0.3) is 0 Å². The number of hydrogen-bond donors (Lipinski definition) is 2. The molecule has 0 amide bonds. The Labute approximate surface area is 66.6 Å². The van der Waals surface area contributed by atoms with Crippen LogP contribution in [0.5, 0.6) is 0 Å². The minimum Gasteiger partial charge on any atom is -0.481 e. The molecule has 0 saturated carbocycles. The van der Waals surface area contributed by atoms with Crippen molar-refractivity contribution in [2.75, 3.05) is 6.54 Å². The van der Waals surface area contributed by atoms with Gasteiger partial charge in [0, 0.05) is 19.4 Å². The number of hydrogen-bond acceptors (Lipinski definition) is 2. The molecular formula is C8H13NO2. The van der Waals surface area contributed by atoms with Gasteiger partial charge in [-0.05, 0) is 0 Å². The Kier molecular flexibility index (Phi) is 5.22. The quantitative estimate of drug-likeness (QED) is 0.581. The molecule has 3 nitrogen and oxygen atoms in total. The Morgan fingerprint density at radius 1 is 1.64 bits per heavy atom. The second-order valence-corrected chi connectivity index (χ2v) is 2.34. The van der Waals surface area contributed by atoms with E-state index in [-0.39, 0.29) is 5.92 Å². The van der Waals surface area contributed by atoms with Gasteiger partial charge in [-0.1, -0.05) is 6.92 Å². The summed E-state index contributed by atoms with van der Waals surface area (Å²) in [7, 11) is 0. The Morgan fingerprint density at radius 3 is 2.73 bits per heavy atom. The molecule has 3 heteroatoms. The zero-order chi connectivity index (χ0) is 8.69. The molecule has 0 aliphatic rings. The molecule has 0 rings (SSSR count). The van der Waals surface area contributed by atoms with E-state index in [0.29, 0.717) is 19.4 Å². The van der Waals surface area contributed by atoms with Gasteiger partial charge in [0.2, 0.25) is 0 Å². The van der Waals surface area contributed by atoms with Crippen LogP contribution in [0, 0.1) is 17.8 Å². The second kappa shape index (κ2) is 5.75. The van der Waals surface area contributed by atoms with Crippen molar-refractivity contribution in [3.05, 3.63) is 0 Å². The van der Waals surface area contributed by atoms with Crippen molar-refractivity contribution in [3.8, 4) is 11.8 Å². The van der Waals surface area contributed by atoms with Crippen LogP contribution in [-0.2, 0) is 4.79 Å². The van der Waals surface area contributed by atoms with Crippen molar-refractivity contribution in [1.82, 2.24) is 0 Å². The maximum atomic E-state index is 10.3. The van der Waals surface area contributed by atoms with E-state index in [2.05, 4.69) is 11.8 Å². The number of nitrogens with two attached hydrogens (primary N) is 1. The molecule has 0 saturated heterocycles. The lowest BCUT2D eigenvalue weighted by atomic mass is 10.1. The lowest BCUT2D eigenvalue weighted by Gasteiger charge is -1.97. The predicted octanol–water partition coefficient (Wildman–Crippen LogP) is 0.449. The molecule has 62 valence electrons. The average Bonchev–Trinajstić information content (AvgIpc) is 1.97. The van der Waals surface area contributed by atoms with Gasteiger partial charge in [0.15, 0.2) is 0 Å². The molecule has 1 unspecified atom stereocenters. The van der Waals surface area contributed by atoms with E-state index < -0.39 is 5.97 Å². The van der Waals surface area contributed by atoms with Crippen LogP contribution < -0.4 is 5.73 Å². The zero-order valence-electron chi connectivity index (χ0n) is 6.63. The van der Waals surface area contributed by atoms with Crippen LogP contribution in [0.25, 0.3) is 0 Å². The SMILES string of the molecule is CC(CC#CCCN)C(=O)O. The first kappa shape index (κ1) is 9.99. The lowest BCUT2D eigenvalue weighted by Crippen LogP contribution is -2.07. The molecule has 3 N–H and O–H groups in total. The highest BCUT2D eigenvalue weighted by atomic mass is 16.4. The third-order valence-corrected chi connectivity index (χ3v) is 1.22. The first-order valence-electron chi connectivity index (χ1n) is 3.57. The fourth-order valence-electron chi connectivity index (χ4n) is 0.473. The highest BCUT2D eigenvalue weighted by molar-refractivity contribution is 5.69. The standard InChI is InChI=1S/C8H13NO2/c1-7(8(10)11)5-3-2-4-6-9/h7H,4-6,9H2,1H3,(H,10,11). The van der Waals surface area contributed by atoms with E-state index in [1.165, 1.54) is 0 Å². The summed E-state index contributed by atoms with van der Waals surface area (Å²) in [5.41, 5.74) is 5.19. The van der Waals surface area contributed by atoms with Gasteiger partial charge in [-0.15, -0.1) is 11.8 Å². The van der Waals surface area contributed by atoms with E-state index in [4.69, 9.17) is 10.8 Å². The summed E-state index contributed by atoms with van der Waals surface area (Å²) < 4.78 is 0. The second-order valence-electron chi connectivity index (χ2n) is 2.34. The largest absolute Gasteiger partial charge is 0.481 e.